The van der Waals surface area contributed by atoms with Gasteiger partial charge >= 0.3 is 0 Å². The van der Waals surface area contributed by atoms with Crippen molar-refractivity contribution >= 4 is 34.2 Å². The molecule has 0 saturated heterocycles. The molecule has 1 aromatic carbocycles. The van der Waals surface area contributed by atoms with Crippen LogP contribution in [-0.4, -0.2) is 7.11 Å². The molecule has 0 saturated carbocycles. The SMILES string of the molecule is COc1ccc(I)c(CCl)c1C#N. The first-order valence-electron chi connectivity index (χ1n) is 3.56. The second kappa shape index (κ2) is 4.68. The van der Waals surface area contributed by atoms with Gasteiger partial charge in [0.15, 0.2) is 0 Å². The molecule has 0 aromatic heterocycles. The minimum atomic E-state index is 0.332. The normalized spacial score (nSPS) is 9.38. The number of halogens is 2. The van der Waals surface area contributed by atoms with Gasteiger partial charge in [0.1, 0.15) is 11.8 Å². The molecular formula is C9H7ClINO. The lowest BCUT2D eigenvalue weighted by atomic mass is 10.1. The highest BCUT2D eigenvalue weighted by atomic mass is 127. The van der Waals surface area contributed by atoms with Crippen molar-refractivity contribution in [2.75, 3.05) is 7.11 Å². The van der Waals surface area contributed by atoms with Crippen LogP contribution in [0.1, 0.15) is 11.1 Å². The third kappa shape index (κ3) is 2.06. The summed E-state index contributed by atoms with van der Waals surface area (Å²) in [6.07, 6.45) is 0. The van der Waals surface area contributed by atoms with E-state index < -0.39 is 0 Å². The summed E-state index contributed by atoms with van der Waals surface area (Å²) in [6, 6.07) is 5.75. The summed E-state index contributed by atoms with van der Waals surface area (Å²) < 4.78 is 6.04. The van der Waals surface area contributed by atoms with E-state index in [9.17, 15) is 0 Å². The highest BCUT2D eigenvalue weighted by Crippen LogP contribution is 2.26. The molecule has 0 bridgehead atoms. The summed E-state index contributed by atoms with van der Waals surface area (Å²) in [5, 5.41) is 8.89. The molecule has 0 radical (unpaired) electrons. The van der Waals surface area contributed by atoms with Gasteiger partial charge in [0.05, 0.1) is 12.7 Å². The summed E-state index contributed by atoms with van der Waals surface area (Å²) in [6.45, 7) is 0. The molecular weight excluding hydrogens is 300 g/mol. The molecule has 0 aliphatic carbocycles. The van der Waals surface area contributed by atoms with Crippen LogP contribution >= 0.6 is 34.2 Å². The first-order chi connectivity index (χ1) is 6.24. The number of alkyl halides is 1. The molecule has 0 amide bonds. The zero-order chi connectivity index (χ0) is 9.84. The zero-order valence-corrected chi connectivity index (χ0v) is 9.89. The molecule has 0 N–H and O–H groups in total. The highest BCUT2D eigenvalue weighted by Gasteiger charge is 2.10. The van der Waals surface area contributed by atoms with Gasteiger partial charge in [-0.25, -0.2) is 0 Å². The Balaban J connectivity index is 3.39. The van der Waals surface area contributed by atoms with E-state index in [1.807, 2.05) is 6.07 Å². The van der Waals surface area contributed by atoms with Crippen LogP contribution in [0.25, 0.3) is 0 Å². The molecule has 0 aliphatic heterocycles. The third-order valence-corrected chi connectivity index (χ3v) is 2.96. The van der Waals surface area contributed by atoms with Crippen molar-refractivity contribution in [3.63, 3.8) is 0 Å². The van der Waals surface area contributed by atoms with E-state index in [2.05, 4.69) is 28.7 Å². The van der Waals surface area contributed by atoms with Gasteiger partial charge in [-0.15, -0.1) is 11.6 Å². The summed E-state index contributed by atoms with van der Waals surface area (Å²) in [7, 11) is 1.54. The van der Waals surface area contributed by atoms with Gasteiger partial charge in [0.25, 0.3) is 0 Å². The second-order valence-electron chi connectivity index (χ2n) is 2.35. The van der Waals surface area contributed by atoms with Crippen LogP contribution in [0, 0.1) is 14.9 Å². The van der Waals surface area contributed by atoms with Gasteiger partial charge in [0.2, 0.25) is 0 Å². The Hall–Kier alpha value is -0.470. The molecule has 0 heterocycles. The third-order valence-electron chi connectivity index (χ3n) is 1.68. The van der Waals surface area contributed by atoms with Crippen LogP contribution in [-0.2, 0) is 5.88 Å². The number of nitriles is 1. The average molecular weight is 308 g/mol. The van der Waals surface area contributed by atoms with Gasteiger partial charge in [-0.05, 0) is 34.7 Å². The summed E-state index contributed by atoms with van der Waals surface area (Å²) >= 11 is 7.88. The molecule has 4 heteroatoms. The number of hydrogen-bond acceptors (Lipinski definition) is 2. The van der Waals surface area contributed by atoms with Crippen LogP contribution in [0.4, 0.5) is 0 Å². The lowest BCUT2D eigenvalue weighted by Crippen LogP contribution is -1.95. The topological polar surface area (TPSA) is 33.0 Å². The van der Waals surface area contributed by atoms with Gasteiger partial charge in [-0.1, -0.05) is 0 Å². The minimum absolute atomic E-state index is 0.332. The maximum Gasteiger partial charge on any atom is 0.137 e. The van der Waals surface area contributed by atoms with E-state index >= 15 is 0 Å². The first kappa shape index (κ1) is 10.6. The van der Waals surface area contributed by atoms with E-state index in [1.54, 1.807) is 13.2 Å². The van der Waals surface area contributed by atoms with E-state index in [-0.39, 0.29) is 0 Å². The number of methoxy groups -OCH3 is 1. The number of ether oxygens (including phenoxy) is 1. The molecule has 2 nitrogen and oxygen atoms in total. The van der Waals surface area contributed by atoms with E-state index in [0.29, 0.717) is 17.2 Å². The first-order valence-corrected chi connectivity index (χ1v) is 5.17. The molecule has 0 fully saturated rings. The fourth-order valence-corrected chi connectivity index (χ4v) is 2.17. The maximum atomic E-state index is 8.89. The quantitative estimate of drug-likeness (QED) is 0.622. The monoisotopic (exact) mass is 307 g/mol. The lowest BCUT2D eigenvalue weighted by Gasteiger charge is -2.07. The fraction of sp³-hybridized carbons (Fsp3) is 0.222. The predicted octanol–water partition coefficient (Wildman–Crippen LogP) is 2.91. The number of hydrogen-bond donors (Lipinski definition) is 0. The maximum absolute atomic E-state index is 8.89. The fourth-order valence-electron chi connectivity index (χ4n) is 1.02. The molecule has 68 valence electrons. The summed E-state index contributed by atoms with van der Waals surface area (Å²) in [5.74, 6) is 0.914. The van der Waals surface area contributed by atoms with E-state index in [1.165, 1.54) is 0 Å². The smallest absolute Gasteiger partial charge is 0.137 e. The van der Waals surface area contributed by atoms with Gasteiger partial charge < -0.3 is 4.74 Å². The average Bonchev–Trinajstić information content (AvgIpc) is 2.17. The summed E-state index contributed by atoms with van der Waals surface area (Å²) in [4.78, 5) is 0. The number of nitrogens with zero attached hydrogens (tertiary/aromatic N) is 1. The van der Waals surface area contributed by atoms with Crippen molar-refractivity contribution < 1.29 is 4.74 Å². The molecule has 0 unspecified atom stereocenters. The van der Waals surface area contributed by atoms with Crippen LogP contribution in [0.2, 0.25) is 0 Å². The van der Waals surface area contributed by atoms with Crippen LogP contribution in [0.5, 0.6) is 5.75 Å². The zero-order valence-electron chi connectivity index (χ0n) is 6.97. The van der Waals surface area contributed by atoms with Gasteiger partial charge in [0, 0.05) is 15.0 Å². The van der Waals surface area contributed by atoms with Crippen LogP contribution in [0.3, 0.4) is 0 Å². The Kier molecular flexibility index (Phi) is 3.82. The molecule has 13 heavy (non-hydrogen) atoms. The molecule has 0 atom stereocenters. The van der Waals surface area contributed by atoms with Gasteiger partial charge in [-0.2, -0.15) is 5.26 Å². The standard InChI is InChI=1S/C9H7ClINO/c1-13-9-3-2-8(11)6(4-10)7(9)5-12/h2-3H,4H2,1H3. The van der Waals surface area contributed by atoms with Crippen molar-refractivity contribution in [2.45, 2.75) is 5.88 Å². The molecule has 1 aromatic rings. The van der Waals surface area contributed by atoms with Crippen molar-refractivity contribution in [1.82, 2.24) is 0 Å². The largest absolute Gasteiger partial charge is 0.495 e. The Labute approximate surface area is 95.6 Å². The lowest BCUT2D eigenvalue weighted by molar-refractivity contribution is 0.413. The van der Waals surface area contributed by atoms with E-state index in [4.69, 9.17) is 21.6 Å². The Morgan fingerprint density at radius 3 is 2.77 bits per heavy atom. The molecule has 0 spiro atoms. The van der Waals surface area contributed by atoms with Crippen molar-refractivity contribution in [3.8, 4) is 11.8 Å². The Morgan fingerprint density at radius 2 is 2.31 bits per heavy atom. The van der Waals surface area contributed by atoms with E-state index in [0.717, 1.165) is 9.13 Å². The molecule has 0 aliphatic rings. The highest BCUT2D eigenvalue weighted by molar-refractivity contribution is 14.1. The van der Waals surface area contributed by atoms with Crippen LogP contribution in [0.15, 0.2) is 12.1 Å². The Morgan fingerprint density at radius 1 is 1.62 bits per heavy atom. The summed E-state index contributed by atoms with van der Waals surface area (Å²) in [5.41, 5.74) is 1.37. The van der Waals surface area contributed by atoms with Crippen molar-refractivity contribution in [1.29, 1.82) is 5.26 Å². The predicted molar refractivity (Wildman–Crippen MR) is 60.0 cm³/mol. The van der Waals surface area contributed by atoms with Crippen LogP contribution < -0.4 is 4.74 Å². The minimum Gasteiger partial charge on any atom is -0.495 e. The second-order valence-corrected chi connectivity index (χ2v) is 3.78. The van der Waals surface area contributed by atoms with Crippen molar-refractivity contribution in [3.05, 3.63) is 26.8 Å². The molecule has 1 rings (SSSR count). The van der Waals surface area contributed by atoms with Crippen molar-refractivity contribution in [2.24, 2.45) is 0 Å². The van der Waals surface area contributed by atoms with Gasteiger partial charge in [-0.3, -0.25) is 0 Å². The number of benzene rings is 1. The Bertz CT molecular complexity index is 359. The number of rotatable bonds is 2.